The second-order valence-corrected chi connectivity index (χ2v) is 9.61. The maximum Gasteiger partial charge on any atom is 0.338 e. The van der Waals surface area contributed by atoms with E-state index in [2.05, 4.69) is 10.6 Å². The number of halogens is 2. The zero-order valence-electron chi connectivity index (χ0n) is 21.2. The Bertz CT molecular complexity index is 1480. The van der Waals surface area contributed by atoms with Gasteiger partial charge in [-0.15, -0.1) is 0 Å². The van der Waals surface area contributed by atoms with Crippen LogP contribution in [0.1, 0.15) is 46.0 Å². The van der Waals surface area contributed by atoms with Crippen LogP contribution in [0.3, 0.4) is 0 Å². The van der Waals surface area contributed by atoms with Gasteiger partial charge in [0.15, 0.2) is 0 Å². The molecule has 3 amide bonds. The summed E-state index contributed by atoms with van der Waals surface area (Å²) in [4.78, 5) is 51.8. The van der Waals surface area contributed by atoms with E-state index in [0.717, 1.165) is 17.7 Å². The lowest BCUT2D eigenvalue weighted by Crippen LogP contribution is -2.32. The van der Waals surface area contributed by atoms with Crippen LogP contribution in [0, 0.1) is 6.92 Å². The highest BCUT2D eigenvalue weighted by atomic mass is 35.5. The number of benzene rings is 3. The minimum atomic E-state index is -0.665. The number of ether oxygens (including phenoxy) is 1. The normalized spacial score (nSPS) is 13.1. The van der Waals surface area contributed by atoms with Crippen molar-refractivity contribution in [2.75, 3.05) is 22.1 Å². The van der Waals surface area contributed by atoms with Gasteiger partial charge in [-0.05, 0) is 73.5 Å². The third-order valence-corrected chi connectivity index (χ3v) is 6.53. The van der Waals surface area contributed by atoms with Crippen molar-refractivity contribution < 1.29 is 23.9 Å². The molecule has 8 nitrogen and oxygen atoms in total. The van der Waals surface area contributed by atoms with E-state index in [1.165, 1.54) is 6.07 Å². The highest BCUT2D eigenvalue weighted by Gasteiger charge is 2.39. The van der Waals surface area contributed by atoms with E-state index in [0.29, 0.717) is 45.4 Å². The number of anilines is 3. The van der Waals surface area contributed by atoms with E-state index in [9.17, 15) is 19.2 Å². The molecule has 0 bridgehead atoms. The maximum atomic E-state index is 13.1. The average Bonchev–Trinajstić information content (AvgIpc) is 3.13. The fourth-order valence-electron chi connectivity index (χ4n) is 3.82. The molecular weight excluding hydrogens is 541 g/mol. The van der Waals surface area contributed by atoms with Crippen molar-refractivity contribution in [2.24, 2.45) is 0 Å². The minimum absolute atomic E-state index is 0.0825. The van der Waals surface area contributed by atoms with Crippen LogP contribution in [0.4, 0.5) is 17.1 Å². The van der Waals surface area contributed by atoms with Crippen LogP contribution >= 0.6 is 23.2 Å². The topological polar surface area (TPSA) is 105 Å². The molecule has 1 aliphatic heterocycles. The zero-order valence-corrected chi connectivity index (χ0v) is 22.7. The Morgan fingerprint density at radius 1 is 0.897 bits per heavy atom. The number of carbonyl (C=O) groups is 4. The molecule has 0 saturated carbocycles. The summed E-state index contributed by atoms with van der Waals surface area (Å²) >= 11 is 12.3. The Hall–Kier alpha value is -4.14. The number of carbonyl (C=O) groups excluding carboxylic acids is 4. The number of amides is 3. The molecule has 0 aromatic heterocycles. The summed E-state index contributed by atoms with van der Waals surface area (Å²) in [6, 6.07) is 17.7. The van der Waals surface area contributed by atoms with Gasteiger partial charge in [0.05, 0.1) is 17.9 Å². The highest BCUT2D eigenvalue weighted by Crippen LogP contribution is 2.33. The smallest absolute Gasteiger partial charge is 0.338 e. The molecule has 0 atom stereocenters. The van der Waals surface area contributed by atoms with Crippen LogP contribution in [0.5, 0.6) is 0 Å². The van der Waals surface area contributed by atoms with Gasteiger partial charge >= 0.3 is 5.97 Å². The summed E-state index contributed by atoms with van der Waals surface area (Å²) in [5.41, 5.74) is 2.51. The molecule has 2 N–H and O–H groups in total. The number of rotatable bonds is 9. The standard InChI is InChI=1S/C29H25Cl2N3O5/c1-3-4-14-39-29(38)19-6-5-7-22(15-19)33-26(35)18-9-12-21(13-10-18)32-25-24(31)27(36)34(28(25)37)23-16-20(30)11-8-17(23)2/h5-13,15-16,32H,3-4,14H2,1-2H3,(H,33,35). The Morgan fingerprint density at radius 3 is 2.36 bits per heavy atom. The van der Waals surface area contributed by atoms with E-state index in [1.807, 2.05) is 6.92 Å². The molecule has 0 radical (unpaired) electrons. The lowest BCUT2D eigenvalue weighted by Gasteiger charge is -2.17. The number of esters is 1. The number of hydrogen-bond acceptors (Lipinski definition) is 6. The predicted molar refractivity (Wildman–Crippen MR) is 151 cm³/mol. The van der Waals surface area contributed by atoms with Crippen LogP contribution in [0.2, 0.25) is 5.02 Å². The van der Waals surface area contributed by atoms with Crippen LogP contribution in [-0.4, -0.2) is 30.3 Å². The molecule has 4 rings (SSSR count). The lowest BCUT2D eigenvalue weighted by atomic mass is 10.1. The first kappa shape index (κ1) is 27.9. The van der Waals surface area contributed by atoms with Crippen LogP contribution in [0.15, 0.2) is 77.5 Å². The van der Waals surface area contributed by atoms with Gasteiger partial charge in [0.1, 0.15) is 10.7 Å². The van der Waals surface area contributed by atoms with Gasteiger partial charge in [0.2, 0.25) is 0 Å². The average molecular weight is 566 g/mol. The molecule has 1 aliphatic rings. The SMILES string of the molecule is CCCCOC(=O)c1cccc(NC(=O)c2ccc(NC3=C(Cl)C(=O)N(c4cc(Cl)ccc4C)C3=O)cc2)c1. The maximum absolute atomic E-state index is 13.1. The number of nitrogens with one attached hydrogen (secondary N) is 2. The number of aryl methyl sites for hydroxylation is 1. The molecule has 0 aliphatic carbocycles. The third kappa shape index (κ3) is 6.30. The quantitative estimate of drug-likeness (QED) is 0.179. The second-order valence-electron chi connectivity index (χ2n) is 8.79. The second kappa shape index (κ2) is 12.1. The molecule has 0 saturated heterocycles. The zero-order chi connectivity index (χ0) is 28.1. The van der Waals surface area contributed by atoms with Crippen LogP contribution < -0.4 is 15.5 Å². The van der Waals surface area contributed by atoms with E-state index < -0.39 is 23.7 Å². The summed E-state index contributed by atoms with van der Waals surface area (Å²) in [7, 11) is 0. The number of unbranched alkanes of at least 4 members (excludes halogenated alkanes) is 1. The molecule has 0 unspecified atom stereocenters. The lowest BCUT2D eigenvalue weighted by molar-refractivity contribution is -0.120. The van der Waals surface area contributed by atoms with Crippen molar-refractivity contribution in [3.05, 3.63) is 99.2 Å². The molecule has 1 heterocycles. The van der Waals surface area contributed by atoms with Crippen molar-refractivity contribution in [1.82, 2.24) is 0 Å². The van der Waals surface area contributed by atoms with Gasteiger partial charge in [-0.25, -0.2) is 9.69 Å². The van der Waals surface area contributed by atoms with Gasteiger partial charge in [-0.3, -0.25) is 14.4 Å². The molecule has 0 fully saturated rings. The largest absolute Gasteiger partial charge is 0.462 e. The molecular formula is C29H25Cl2N3O5. The number of hydrogen-bond donors (Lipinski definition) is 2. The predicted octanol–water partition coefficient (Wildman–Crippen LogP) is 6.29. The van der Waals surface area contributed by atoms with Crippen molar-refractivity contribution in [3.63, 3.8) is 0 Å². The van der Waals surface area contributed by atoms with E-state index >= 15 is 0 Å². The Kier molecular flexibility index (Phi) is 8.69. The first-order valence-electron chi connectivity index (χ1n) is 12.2. The monoisotopic (exact) mass is 565 g/mol. The summed E-state index contributed by atoms with van der Waals surface area (Å²) in [5, 5.41) is 5.75. The van der Waals surface area contributed by atoms with E-state index in [4.69, 9.17) is 27.9 Å². The first-order valence-corrected chi connectivity index (χ1v) is 13.0. The summed E-state index contributed by atoms with van der Waals surface area (Å²) in [5.74, 6) is -2.13. The fourth-order valence-corrected chi connectivity index (χ4v) is 4.20. The van der Waals surface area contributed by atoms with Crippen molar-refractivity contribution in [3.8, 4) is 0 Å². The van der Waals surface area contributed by atoms with Gasteiger partial charge in [-0.2, -0.15) is 0 Å². The highest BCUT2D eigenvalue weighted by molar-refractivity contribution is 6.53. The molecule has 10 heteroatoms. The number of nitrogens with zero attached hydrogens (tertiary/aromatic N) is 1. The van der Waals surface area contributed by atoms with Gasteiger partial charge in [-0.1, -0.05) is 48.7 Å². The molecule has 0 spiro atoms. The Balaban J connectivity index is 1.43. The molecule has 3 aromatic carbocycles. The summed E-state index contributed by atoms with van der Waals surface area (Å²) < 4.78 is 5.22. The van der Waals surface area contributed by atoms with Crippen LogP contribution in [-0.2, 0) is 14.3 Å². The van der Waals surface area contributed by atoms with E-state index in [-0.39, 0.29) is 10.7 Å². The molecule has 39 heavy (non-hydrogen) atoms. The molecule has 3 aromatic rings. The van der Waals surface area contributed by atoms with Crippen molar-refractivity contribution >= 4 is 64.0 Å². The summed E-state index contributed by atoms with van der Waals surface area (Å²) in [6.45, 7) is 4.10. The van der Waals surface area contributed by atoms with Gasteiger partial charge < -0.3 is 15.4 Å². The summed E-state index contributed by atoms with van der Waals surface area (Å²) in [6.07, 6.45) is 1.69. The van der Waals surface area contributed by atoms with Crippen molar-refractivity contribution in [2.45, 2.75) is 26.7 Å². The third-order valence-electron chi connectivity index (χ3n) is 5.94. The Labute approximate surface area is 235 Å². The Morgan fingerprint density at radius 2 is 1.64 bits per heavy atom. The first-order chi connectivity index (χ1) is 18.7. The minimum Gasteiger partial charge on any atom is -0.462 e. The van der Waals surface area contributed by atoms with E-state index in [1.54, 1.807) is 67.6 Å². The van der Waals surface area contributed by atoms with Gasteiger partial charge in [0, 0.05) is 22.0 Å². The number of imide groups is 1. The van der Waals surface area contributed by atoms with Crippen molar-refractivity contribution in [1.29, 1.82) is 0 Å². The molecule has 200 valence electrons. The fraction of sp³-hybridized carbons (Fsp3) is 0.172. The van der Waals surface area contributed by atoms with Gasteiger partial charge in [0.25, 0.3) is 17.7 Å². The van der Waals surface area contributed by atoms with Crippen LogP contribution in [0.25, 0.3) is 0 Å².